The maximum atomic E-state index is 12.1. The van der Waals surface area contributed by atoms with Crippen LogP contribution in [0.3, 0.4) is 0 Å². The molecule has 0 unspecified atom stereocenters. The zero-order valence-corrected chi connectivity index (χ0v) is 10.1. The lowest BCUT2D eigenvalue weighted by atomic mass is 10.3. The number of ether oxygens (including phenoxy) is 1. The summed E-state index contributed by atoms with van der Waals surface area (Å²) in [6.45, 7) is -2.90. The Hall–Kier alpha value is -0.880. The number of hydrogen-bond donors (Lipinski definition) is 1. The maximum absolute atomic E-state index is 12.1. The molecule has 0 aliphatic carbocycles. The maximum Gasteiger partial charge on any atom is 0.387 e. The highest BCUT2D eigenvalue weighted by molar-refractivity contribution is 9.08. The topological polar surface area (TPSA) is 37.9 Å². The van der Waals surface area contributed by atoms with Gasteiger partial charge in [0.1, 0.15) is 22.1 Å². The predicted octanol–water partition coefficient (Wildman–Crippen LogP) is 3.71. The molecule has 1 heterocycles. The van der Waals surface area contributed by atoms with E-state index < -0.39 is 6.61 Å². The summed E-state index contributed by atoms with van der Waals surface area (Å²) in [5.41, 5.74) is 1.11. The molecule has 0 saturated carbocycles. The number of halogens is 4. The van der Waals surface area contributed by atoms with E-state index in [9.17, 15) is 8.78 Å². The van der Waals surface area contributed by atoms with Crippen molar-refractivity contribution in [3.05, 3.63) is 23.0 Å². The molecule has 0 aliphatic heterocycles. The van der Waals surface area contributed by atoms with Gasteiger partial charge < -0.3 is 9.72 Å². The van der Waals surface area contributed by atoms with Gasteiger partial charge in [0, 0.05) is 0 Å². The Morgan fingerprint density at radius 2 is 2.25 bits per heavy atom. The Labute approximate surface area is 103 Å². The van der Waals surface area contributed by atoms with Crippen molar-refractivity contribution in [1.82, 2.24) is 9.97 Å². The number of benzene rings is 1. The highest BCUT2D eigenvalue weighted by atomic mass is 79.9. The minimum atomic E-state index is -2.90. The second kappa shape index (κ2) is 4.55. The van der Waals surface area contributed by atoms with Crippen LogP contribution in [-0.4, -0.2) is 16.6 Å². The van der Waals surface area contributed by atoms with E-state index in [-0.39, 0.29) is 10.8 Å². The number of nitrogens with one attached hydrogen (secondary N) is 1. The van der Waals surface area contributed by atoms with Gasteiger partial charge in [0.15, 0.2) is 0 Å². The lowest BCUT2D eigenvalue weighted by molar-refractivity contribution is -0.0497. The zero-order valence-electron chi connectivity index (χ0n) is 7.81. The minimum Gasteiger partial charge on any atom is -0.433 e. The van der Waals surface area contributed by atoms with Crippen molar-refractivity contribution in [2.45, 2.75) is 11.9 Å². The van der Waals surface area contributed by atoms with Gasteiger partial charge in [0.05, 0.1) is 10.8 Å². The third kappa shape index (κ3) is 2.12. The van der Waals surface area contributed by atoms with Gasteiger partial charge in [-0.2, -0.15) is 8.78 Å². The van der Waals surface area contributed by atoms with Crippen molar-refractivity contribution < 1.29 is 13.5 Å². The molecule has 0 saturated heterocycles. The van der Waals surface area contributed by atoms with Crippen LogP contribution in [0.5, 0.6) is 5.75 Å². The second-order valence-electron chi connectivity index (χ2n) is 2.97. The van der Waals surface area contributed by atoms with Crippen molar-refractivity contribution in [3.8, 4) is 5.75 Å². The van der Waals surface area contributed by atoms with E-state index in [2.05, 4.69) is 30.6 Å². The van der Waals surface area contributed by atoms with Crippen LogP contribution in [0, 0.1) is 0 Å². The summed E-state index contributed by atoms with van der Waals surface area (Å²) < 4.78 is 28.4. The van der Waals surface area contributed by atoms with Crippen LogP contribution >= 0.6 is 27.5 Å². The summed E-state index contributed by atoms with van der Waals surface area (Å²) in [5.74, 6) is 0.600. The predicted molar refractivity (Wildman–Crippen MR) is 60.4 cm³/mol. The number of alkyl halides is 3. The van der Waals surface area contributed by atoms with Crippen molar-refractivity contribution in [2.24, 2.45) is 0 Å². The fraction of sp³-hybridized carbons (Fsp3) is 0.222. The van der Waals surface area contributed by atoms with Gasteiger partial charge in [-0.1, -0.05) is 27.5 Å². The number of imidazole rings is 1. The molecule has 7 heteroatoms. The van der Waals surface area contributed by atoms with Gasteiger partial charge in [-0.25, -0.2) is 4.98 Å². The first kappa shape index (κ1) is 11.6. The number of rotatable bonds is 3. The van der Waals surface area contributed by atoms with Gasteiger partial charge >= 0.3 is 6.61 Å². The van der Waals surface area contributed by atoms with Gasteiger partial charge in [-0.15, -0.1) is 0 Å². The van der Waals surface area contributed by atoms with Gasteiger partial charge in [0.2, 0.25) is 0 Å². The largest absolute Gasteiger partial charge is 0.433 e. The summed E-state index contributed by atoms with van der Waals surface area (Å²) in [4.78, 5) is 7.12. The lowest BCUT2D eigenvalue weighted by Crippen LogP contribution is -2.02. The first-order chi connectivity index (χ1) is 7.61. The molecular formula is C9H6BrClF2N2O. The van der Waals surface area contributed by atoms with Crippen LogP contribution in [0.2, 0.25) is 5.02 Å². The molecule has 0 bridgehead atoms. The highest BCUT2D eigenvalue weighted by Gasteiger charge is 2.14. The molecule has 2 aromatic rings. The number of nitrogens with zero attached hydrogens (tertiary/aromatic N) is 1. The van der Waals surface area contributed by atoms with Crippen molar-refractivity contribution >= 4 is 38.6 Å². The van der Waals surface area contributed by atoms with Crippen LogP contribution in [0.1, 0.15) is 5.82 Å². The molecule has 0 amide bonds. The molecule has 3 nitrogen and oxygen atoms in total. The van der Waals surface area contributed by atoms with Crippen LogP contribution < -0.4 is 4.74 Å². The van der Waals surface area contributed by atoms with Crippen molar-refractivity contribution in [3.63, 3.8) is 0 Å². The van der Waals surface area contributed by atoms with E-state index in [0.29, 0.717) is 22.2 Å². The average Bonchev–Trinajstić information content (AvgIpc) is 2.65. The number of aromatic amines is 1. The highest BCUT2D eigenvalue weighted by Crippen LogP contribution is 2.32. The molecule has 2 rings (SSSR count). The number of aromatic nitrogens is 2. The Morgan fingerprint density at radius 3 is 2.88 bits per heavy atom. The van der Waals surface area contributed by atoms with Gasteiger partial charge in [-0.05, 0) is 12.1 Å². The smallest absolute Gasteiger partial charge is 0.387 e. The summed E-state index contributed by atoms with van der Waals surface area (Å²) in [5, 5.41) is 0.615. The second-order valence-corrected chi connectivity index (χ2v) is 3.91. The first-order valence-corrected chi connectivity index (χ1v) is 5.79. The first-order valence-electron chi connectivity index (χ1n) is 4.29. The van der Waals surface area contributed by atoms with E-state index in [1.807, 2.05) is 0 Å². The standard InChI is InChI=1S/C9H6BrClF2N2O/c10-3-6-14-4-1-2-5(16-9(12)13)7(11)8(4)15-6/h1-2,9H,3H2,(H,14,15). The summed E-state index contributed by atoms with van der Waals surface area (Å²) >= 11 is 9.13. The molecule has 1 N–H and O–H groups in total. The monoisotopic (exact) mass is 310 g/mol. The molecular weight excluding hydrogens is 305 g/mol. The van der Waals surface area contributed by atoms with Crippen LogP contribution in [0.25, 0.3) is 11.0 Å². The molecule has 1 aromatic carbocycles. The lowest BCUT2D eigenvalue weighted by Gasteiger charge is -2.05. The molecule has 0 radical (unpaired) electrons. The van der Waals surface area contributed by atoms with Gasteiger partial charge in [-0.3, -0.25) is 0 Å². The van der Waals surface area contributed by atoms with Crippen LogP contribution in [-0.2, 0) is 5.33 Å². The fourth-order valence-corrected chi connectivity index (χ4v) is 1.84. The summed E-state index contributed by atoms with van der Waals surface area (Å²) in [6.07, 6.45) is 0. The molecule has 0 spiro atoms. The van der Waals surface area contributed by atoms with Crippen LogP contribution in [0.15, 0.2) is 12.1 Å². The molecule has 1 aromatic heterocycles. The fourth-order valence-electron chi connectivity index (χ4n) is 1.32. The Balaban J connectivity index is 2.50. The molecule has 86 valence electrons. The minimum absolute atomic E-state index is 0.0724. The SMILES string of the molecule is FC(F)Oc1ccc2[nH]c(CBr)nc2c1Cl. The van der Waals surface area contributed by atoms with E-state index in [0.717, 1.165) is 0 Å². The third-order valence-corrected chi connectivity index (χ3v) is 2.85. The number of H-pyrrole nitrogens is 1. The van der Waals surface area contributed by atoms with E-state index in [4.69, 9.17) is 11.6 Å². The molecule has 0 atom stereocenters. The van der Waals surface area contributed by atoms with E-state index >= 15 is 0 Å². The van der Waals surface area contributed by atoms with E-state index in [1.54, 1.807) is 6.07 Å². The van der Waals surface area contributed by atoms with Crippen LogP contribution in [0.4, 0.5) is 8.78 Å². The number of fused-ring (bicyclic) bond motifs is 1. The van der Waals surface area contributed by atoms with Gasteiger partial charge in [0.25, 0.3) is 0 Å². The van der Waals surface area contributed by atoms with Crippen molar-refractivity contribution in [2.75, 3.05) is 0 Å². The van der Waals surface area contributed by atoms with Crippen molar-refractivity contribution in [1.29, 1.82) is 0 Å². The summed E-state index contributed by atoms with van der Waals surface area (Å²) in [7, 11) is 0. The average molecular weight is 312 g/mol. The normalized spacial score (nSPS) is 11.3. The Morgan fingerprint density at radius 1 is 1.50 bits per heavy atom. The quantitative estimate of drug-likeness (QED) is 0.877. The molecule has 0 aliphatic rings. The molecule has 16 heavy (non-hydrogen) atoms. The third-order valence-electron chi connectivity index (χ3n) is 1.95. The zero-order chi connectivity index (χ0) is 11.7. The summed E-state index contributed by atoms with van der Waals surface area (Å²) in [6, 6.07) is 2.98. The molecule has 0 fully saturated rings. The Bertz CT molecular complexity index is 517. The number of hydrogen-bond acceptors (Lipinski definition) is 2. The van der Waals surface area contributed by atoms with E-state index in [1.165, 1.54) is 6.07 Å². The Kier molecular flexibility index (Phi) is 3.30.